The van der Waals surface area contributed by atoms with Crippen LogP contribution in [0.5, 0.6) is 0 Å². The van der Waals surface area contributed by atoms with Gasteiger partial charge in [0.1, 0.15) is 0 Å². The second-order valence-electron chi connectivity index (χ2n) is 5.11. The van der Waals surface area contributed by atoms with E-state index in [-0.39, 0.29) is 11.7 Å². The summed E-state index contributed by atoms with van der Waals surface area (Å²) in [6, 6.07) is 4.43. The smallest absolute Gasteiger partial charge is 0.398 e. The zero-order valence-electron chi connectivity index (χ0n) is 10.5. The second-order valence-corrected chi connectivity index (χ2v) is 5.11. The third-order valence-corrected chi connectivity index (χ3v) is 3.46. The topological polar surface area (TPSA) is 29.3 Å². The van der Waals surface area contributed by atoms with Crippen molar-refractivity contribution in [2.24, 2.45) is 5.92 Å². The van der Waals surface area contributed by atoms with Crippen LogP contribution in [0.4, 0.5) is 24.5 Å². The van der Waals surface area contributed by atoms with E-state index in [4.69, 9.17) is 5.73 Å². The molecule has 2 rings (SSSR count). The zero-order chi connectivity index (χ0) is 13.5. The van der Waals surface area contributed by atoms with Gasteiger partial charge in [-0.1, -0.05) is 6.92 Å². The summed E-state index contributed by atoms with van der Waals surface area (Å²) in [5.41, 5.74) is 5.04. The van der Waals surface area contributed by atoms with E-state index in [1.165, 1.54) is 6.07 Å². The number of halogens is 3. The normalized spacial score (nSPS) is 24.6. The Morgan fingerprint density at radius 3 is 2.44 bits per heavy atom. The van der Waals surface area contributed by atoms with Crippen LogP contribution < -0.4 is 10.6 Å². The Morgan fingerprint density at radius 1 is 1.28 bits per heavy atom. The molecule has 18 heavy (non-hydrogen) atoms. The summed E-state index contributed by atoms with van der Waals surface area (Å²) in [5, 5.41) is 0. The SMILES string of the molecule is CC1CC(C)N(c2ccc(N)c(C(F)(F)F)c2)C1. The van der Waals surface area contributed by atoms with E-state index in [2.05, 4.69) is 6.92 Å². The summed E-state index contributed by atoms with van der Waals surface area (Å²) in [6.07, 6.45) is -3.39. The first-order valence-electron chi connectivity index (χ1n) is 6.02. The molecule has 100 valence electrons. The van der Waals surface area contributed by atoms with Crippen molar-refractivity contribution in [2.45, 2.75) is 32.5 Å². The highest BCUT2D eigenvalue weighted by Gasteiger charge is 2.34. The first kappa shape index (κ1) is 13.1. The Balaban J connectivity index is 2.36. The van der Waals surface area contributed by atoms with Crippen LogP contribution in [0, 0.1) is 5.92 Å². The average molecular weight is 258 g/mol. The molecule has 2 atom stereocenters. The molecule has 2 unspecified atom stereocenters. The molecule has 5 heteroatoms. The van der Waals surface area contributed by atoms with E-state index in [1.807, 2.05) is 11.8 Å². The maximum absolute atomic E-state index is 12.8. The van der Waals surface area contributed by atoms with E-state index in [0.717, 1.165) is 19.0 Å². The minimum atomic E-state index is -4.39. The summed E-state index contributed by atoms with van der Waals surface area (Å²) in [7, 11) is 0. The van der Waals surface area contributed by atoms with Gasteiger partial charge in [-0.15, -0.1) is 0 Å². The molecule has 1 fully saturated rings. The van der Waals surface area contributed by atoms with E-state index in [9.17, 15) is 13.2 Å². The Morgan fingerprint density at radius 2 is 1.94 bits per heavy atom. The summed E-state index contributed by atoms with van der Waals surface area (Å²) in [6.45, 7) is 4.94. The summed E-state index contributed by atoms with van der Waals surface area (Å²) >= 11 is 0. The van der Waals surface area contributed by atoms with Crippen LogP contribution in [-0.2, 0) is 6.18 Å². The fraction of sp³-hybridized carbons (Fsp3) is 0.538. The molecule has 2 nitrogen and oxygen atoms in total. The van der Waals surface area contributed by atoms with E-state index >= 15 is 0 Å². The van der Waals surface area contributed by atoms with Crippen molar-refractivity contribution < 1.29 is 13.2 Å². The van der Waals surface area contributed by atoms with Gasteiger partial charge in [0.2, 0.25) is 0 Å². The molecule has 0 aliphatic carbocycles. The van der Waals surface area contributed by atoms with Crippen molar-refractivity contribution in [1.82, 2.24) is 0 Å². The molecule has 1 saturated heterocycles. The third-order valence-electron chi connectivity index (χ3n) is 3.46. The monoisotopic (exact) mass is 258 g/mol. The third kappa shape index (κ3) is 2.40. The predicted octanol–water partition coefficient (Wildman–Crippen LogP) is 3.52. The number of hydrogen-bond acceptors (Lipinski definition) is 2. The highest BCUT2D eigenvalue weighted by atomic mass is 19.4. The van der Waals surface area contributed by atoms with Gasteiger partial charge >= 0.3 is 6.18 Å². The highest BCUT2D eigenvalue weighted by molar-refractivity contribution is 5.60. The van der Waals surface area contributed by atoms with Crippen LogP contribution in [0.2, 0.25) is 0 Å². The highest BCUT2D eigenvalue weighted by Crippen LogP contribution is 2.37. The van der Waals surface area contributed by atoms with Gasteiger partial charge in [-0.05, 0) is 37.5 Å². The maximum atomic E-state index is 12.8. The lowest BCUT2D eigenvalue weighted by Crippen LogP contribution is -2.27. The molecule has 1 heterocycles. The number of alkyl halides is 3. The van der Waals surface area contributed by atoms with Crippen molar-refractivity contribution in [2.75, 3.05) is 17.2 Å². The van der Waals surface area contributed by atoms with Crippen molar-refractivity contribution in [1.29, 1.82) is 0 Å². The van der Waals surface area contributed by atoms with Crippen LogP contribution >= 0.6 is 0 Å². The van der Waals surface area contributed by atoms with Gasteiger partial charge in [0.15, 0.2) is 0 Å². The number of nitrogens with two attached hydrogens (primary N) is 1. The van der Waals surface area contributed by atoms with Gasteiger partial charge in [0.25, 0.3) is 0 Å². The fourth-order valence-electron chi connectivity index (χ4n) is 2.63. The first-order valence-corrected chi connectivity index (χ1v) is 6.02. The Labute approximate surface area is 105 Å². The standard InChI is InChI=1S/C13H17F3N2/c1-8-5-9(2)18(7-8)10-3-4-12(17)11(6-10)13(14,15)16/h3-4,6,8-9H,5,7,17H2,1-2H3. The minimum absolute atomic E-state index is 0.217. The van der Waals surface area contributed by atoms with Gasteiger partial charge in [0.05, 0.1) is 5.56 Å². The number of benzene rings is 1. The lowest BCUT2D eigenvalue weighted by Gasteiger charge is -2.25. The molecular weight excluding hydrogens is 241 g/mol. The summed E-state index contributed by atoms with van der Waals surface area (Å²) in [4.78, 5) is 2.01. The molecule has 0 saturated carbocycles. The summed E-state index contributed by atoms with van der Waals surface area (Å²) in [5.74, 6) is 0.506. The average Bonchev–Trinajstić information content (AvgIpc) is 2.57. The van der Waals surface area contributed by atoms with Crippen LogP contribution in [0.15, 0.2) is 18.2 Å². The Hall–Kier alpha value is -1.39. The first-order chi connectivity index (χ1) is 8.29. The molecule has 0 radical (unpaired) electrons. The van der Waals surface area contributed by atoms with Crippen LogP contribution in [0.3, 0.4) is 0 Å². The van der Waals surface area contributed by atoms with Gasteiger partial charge in [-0.25, -0.2) is 0 Å². The second kappa shape index (κ2) is 4.37. The molecule has 1 aliphatic heterocycles. The van der Waals surface area contributed by atoms with E-state index < -0.39 is 11.7 Å². The zero-order valence-corrected chi connectivity index (χ0v) is 10.5. The van der Waals surface area contributed by atoms with Gasteiger partial charge in [0, 0.05) is 24.0 Å². The van der Waals surface area contributed by atoms with Crippen LogP contribution in [0.25, 0.3) is 0 Å². The summed E-state index contributed by atoms with van der Waals surface area (Å²) < 4.78 is 38.4. The molecular formula is C13H17F3N2. The van der Waals surface area contributed by atoms with Gasteiger partial charge < -0.3 is 10.6 Å². The van der Waals surface area contributed by atoms with Gasteiger partial charge in [-0.3, -0.25) is 0 Å². The number of anilines is 2. The van der Waals surface area contributed by atoms with Crippen LogP contribution in [0.1, 0.15) is 25.8 Å². The molecule has 1 aromatic rings. The van der Waals surface area contributed by atoms with Crippen molar-refractivity contribution in [3.8, 4) is 0 Å². The minimum Gasteiger partial charge on any atom is -0.398 e. The number of nitrogen functional groups attached to an aromatic ring is 1. The molecule has 0 aromatic heterocycles. The largest absolute Gasteiger partial charge is 0.418 e. The lowest BCUT2D eigenvalue weighted by atomic mass is 10.1. The van der Waals surface area contributed by atoms with E-state index in [0.29, 0.717) is 11.6 Å². The molecule has 0 spiro atoms. The fourth-order valence-corrected chi connectivity index (χ4v) is 2.63. The number of rotatable bonds is 1. The van der Waals surface area contributed by atoms with Crippen molar-refractivity contribution in [3.05, 3.63) is 23.8 Å². The van der Waals surface area contributed by atoms with Crippen molar-refractivity contribution >= 4 is 11.4 Å². The number of hydrogen-bond donors (Lipinski definition) is 1. The lowest BCUT2D eigenvalue weighted by molar-refractivity contribution is -0.136. The molecule has 2 N–H and O–H groups in total. The Kier molecular flexibility index (Phi) is 3.17. The van der Waals surface area contributed by atoms with E-state index in [1.54, 1.807) is 6.07 Å². The number of nitrogens with zero attached hydrogens (tertiary/aromatic N) is 1. The van der Waals surface area contributed by atoms with Crippen molar-refractivity contribution in [3.63, 3.8) is 0 Å². The molecule has 0 bridgehead atoms. The quantitative estimate of drug-likeness (QED) is 0.781. The predicted molar refractivity (Wildman–Crippen MR) is 66.4 cm³/mol. The maximum Gasteiger partial charge on any atom is 0.418 e. The molecule has 1 aliphatic rings. The van der Waals surface area contributed by atoms with Crippen LogP contribution in [-0.4, -0.2) is 12.6 Å². The van der Waals surface area contributed by atoms with Gasteiger partial charge in [-0.2, -0.15) is 13.2 Å². The molecule has 0 amide bonds. The Bertz CT molecular complexity index is 442. The molecule has 1 aromatic carbocycles.